The molecule has 3 aliphatic rings. The summed E-state index contributed by atoms with van der Waals surface area (Å²) in [6.07, 6.45) is 3.92. The number of piperidine rings is 1. The highest BCUT2D eigenvalue weighted by Gasteiger charge is 2.27. The summed E-state index contributed by atoms with van der Waals surface area (Å²) < 4.78 is 0. The van der Waals surface area contributed by atoms with Gasteiger partial charge in [0.15, 0.2) is 0 Å². The van der Waals surface area contributed by atoms with Gasteiger partial charge in [-0.25, -0.2) is 0 Å². The Morgan fingerprint density at radius 2 is 1.85 bits per heavy atom. The molecule has 3 heterocycles. The van der Waals surface area contributed by atoms with Gasteiger partial charge in [0.25, 0.3) is 0 Å². The molecule has 0 unspecified atom stereocenters. The Morgan fingerprint density at radius 1 is 1.08 bits per heavy atom. The third-order valence-electron chi connectivity index (χ3n) is 3.43. The van der Waals surface area contributed by atoms with Crippen molar-refractivity contribution in [3.8, 4) is 0 Å². The zero-order valence-corrected chi connectivity index (χ0v) is 8.41. The average Bonchev–Trinajstić information content (AvgIpc) is 2.48. The fourth-order valence-electron chi connectivity index (χ4n) is 2.55. The molecule has 3 rings (SSSR count). The van der Waals surface area contributed by atoms with Gasteiger partial charge < -0.3 is 10.6 Å². The smallest absolute Gasteiger partial charge is 0.0120 e. The van der Waals surface area contributed by atoms with Crippen molar-refractivity contribution in [1.82, 2.24) is 9.80 Å². The van der Waals surface area contributed by atoms with Crippen LogP contribution in [0.5, 0.6) is 0 Å². The lowest BCUT2D eigenvalue weighted by molar-refractivity contribution is 0.182. The zero-order chi connectivity index (χ0) is 9.10. The molecule has 2 bridgehead atoms. The van der Waals surface area contributed by atoms with E-state index in [1.807, 2.05) is 0 Å². The van der Waals surface area contributed by atoms with Crippen molar-refractivity contribution >= 4 is 0 Å². The Kier molecular flexibility index (Phi) is 3.19. The number of hydrogen-bond acceptors (Lipinski definition) is 3. The van der Waals surface area contributed by atoms with Crippen LogP contribution in [0.15, 0.2) is 0 Å². The molecule has 2 N–H and O–H groups in total. The minimum absolute atomic E-state index is 0.840. The van der Waals surface area contributed by atoms with Crippen LogP contribution in [0.3, 0.4) is 0 Å². The molecule has 13 heavy (non-hydrogen) atoms. The molecule has 0 aromatic carbocycles. The van der Waals surface area contributed by atoms with Crippen LogP contribution in [0.1, 0.15) is 19.3 Å². The molecule has 0 spiro atoms. The second-order valence-electron chi connectivity index (χ2n) is 4.25. The molecule has 3 heteroatoms. The minimum atomic E-state index is 0.840. The van der Waals surface area contributed by atoms with E-state index in [0.717, 1.165) is 19.0 Å². The first-order chi connectivity index (χ1) is 6.40. The number of hydrogen-bond donors (Lipinski definition) is 1. The molecule has 3 fully saturated rings. The molecular weight excluding hydrogens is 162 g/mol. The predicted molar refractivity (Wildman–Crippen MR) is 54.7 cm³/mol. The molecule has 0 radical (unpaired) electrons. The summed E-state index contributed by atoms with van der Waals surface area (Å²) in [6.45, 7) is 7.25. The topological polar surface area (TPSA) is 32.5 Å². The molecule has 0 aromatic heterocycles. The molecule has 0 aromatic rings. The molecular formula is C10H21N3. The van der Waals surface area contributed by atoms with Crippen LogP contribution in [-0.4, -0.2) is 55.1 Å². The van der Waals surface area contributed by atoms with E-state index in [1.165, 1.54) is 45.6 Å². The van der Waals surface area contributed by atoms with Gasteiger partial charge in [-0.1, -0.05) is 0 Å². The van der Waals surface area contributed by atoms with E-state index in [4.69, 9.17) is 5.73 Å². The number of rotatable bonds is 3. The van der Waals surface area contributed by atoms with Crippen molar-refractivity contribution in [2.45, 2.75) is 25.3 Å². The largest absolute Gasteiger partial charge is 0.330 e. The maximum atomic E-state index is 5.54. The van der Waals surface area contributed by atoms with Crippen molar-refractivity contribution in [3.05, 3.63) is 0 Å². The molecule has 0 atom stereocenters. The van der Waals surface area contributed by atoms with Gasteiger partial charge in [0, 0.05) is 19.1 Å². The van der Waals surface area contributed by atoms with E-state index in [9.17, 15) is 0 Å². The van der Waals surface area contributed by atoms with Crippen molar-refractivity contribution < 1.29 is 0 Å². The van der Waals surface area contributed by atoms with Crippen LogP contribution < -0.4 is 5.73 Å². The first kappa shape index (κ1) is 9.44. The third kappa shape index (κ3) is 2.22. The summed E-state index contributed by atoms with van der Waals surface area (Å²) >= 11 is 0. The first-order valence-corrected chi connectivity index (χ1v) is 5.56. The molecule has 0 saturated carbocycles. The fourth-order valence-corrected chi connectivity index (χ4v) is 2.55. The summed E-state index contributed by atoms with van der Waals surface area (Å²) in [5.41, 5.74) is 5.54. The van der Waals surface area contributed by atoms with E-state index < -0.39 is 0 Å². The predicted octanol–water partition coefficient (Wildman–Crippen LogP) is 0.115. The minimum Gasteiger partial charge on any atom is -0.330 e. The SMILES string of the molecule is NCCCN1CCN2CCC1CC2. The van der Waals surface area contributed by atoms with Crippen molar-refractivity contribution in [1.29, 1.82) is 0 Å². The van der Waals surface area contributed by atoms with Crippen LogP contribution in [0.2, 0.25) is 0 Å². The summed E-state index contributed by atoms with van der Waals surface area (Å²) in [5, 5.41) is 0. The van der Waals surface area contributed by atoms with E-state index in [2.05, 4.69) is 9.80 Å². The maximum Gasteiger partial charge on any atom is 0.0120 e. The standard InChI is InChI=1S/C10H21N3/c11-4-1-5-13-9-8-12-6-2-10(13)3-7-12/h10H,1-9,11H2. The maximum absolute atomic E-state index is 5.54. The summed E-state index contributed by atoms with van der Waals surface area (Å²) in [5.74, 6) is 0. The number of fused-ring (bicyclic) bond motifs is 4. The van der Waals surface area contributed by atoms with E-state index in [-0.39, 0.29) is 0 Å². The summed E-state index contributed by atoms with van der Waals surface area (Å²) in [7, 11) is 0. The Morgan fingerprint density at radius 3 is 2.54 bits per heavy atom. The van der Waals surface area contributed by atoms with Crippen LogP contribution in [0, 0.1) is 0 Å². The van der Waals surface area contributed by atoms with Gasteiger partial charge in [-0.05, 0) is 45.4 Å². The van der Waals surface area contributed by atoms with E-state index >= 15 is 0 Å². The summed E-state index contributed by atoms with van der Waals surface area (Å²) in [6, 6.07) is 0.866. The number of nitrogens with two attached hydrogens (primary N) is 1. The monoisotopic (exact) mass is 183 g/mol. The molecule has 3 aliphatic heterocycles. The van der Waals surface area contributed by atoms with Crippen molar-refractivity contribution in [2.75, 3.05) is 39.3 Å². The van der Waals surface area contributed by atoms with Gasteiger partial charge in [0.05, 0.1) is 0 Å². The van der Waals surface area contributed by atoms with Crippen LogP contribution in [0.4, 0.5) is 0 Å². The highest BCUT2D eigenvalue weighted by atomic mass is 15.3. The normalized spacial score (nSPS) is 34.8. The molecule has 3 nitrogen and oxygen atoms in total. The average molecular weight is 183 g/mol. The zero-order valence-electron chi connectivity index (χ0n) is 8.41. The second kappa shape index (κ2) is 4.40. The van der Waals surface area contributed by atoms with E-state index in [0.29, 0.717) is 0 Å². The number of nitrogens with zero attached hydrogens (tertiary/aromatic N) is 2. The Hall–Kier alpha value is -0.120. The Balaban J connectivity index is 1.87. The van der Waals surface area contributed by atoms with Crippen molar-refractivity contribution in [2.24, 2.45) is 5.73 Å². The Bertz CT molecular complexity index is 152. The second-order valence-corrected chi connectivity index (χ2v) is 4.25. The fraction of sp³-hybridized carbons (Fsp3) is 1.00. The quantitative estimate of drug-likeness (QED) is 0.674. The molecule has 3 saturated heterocycles. The summed E-state index contributed by atoms with van der Waals surface area (Å²) in [4.78, 5) is 5.25. The molecule has 76 valence electrons. The van der Waals surface area contributed by atoms with Gasteiger partial charge in [-0.15, -0.1) is 0 Å². The lowest BCUT2D eigenvalue weighted by Crippen LogP contribution is -2.38. The first-order valence-electron chi connectivity index (χ1n) is 5.56. The van der Waals surface area contributed by atoms with Gasteiger partial charge in [0.2, 0.25) is 0 Å². The van der Waals surface area contributed by atoms with Gasteiger partial charge in [-0.2, -0.15) is 0 Å². The highest BCUT2D eigenvalue weighted by Crippen LogP contribution is 2.20. The van der Waals surface area contributed by atoms with Gasteiger partial charge in [0.1, 0.15) is 0 Å². The highest BCUT2D eigenvalue weighted by molar-refractivity contribution is 4.84. The van der Waals surface area contributed by atoms with E-state index in [1.54, 1.807) is 0 Å². The van der Waals surface area contributed by atoms with Crippen LogP contribution in [0.25, 0.3) is 0 Å². The molecule has 0 amide bonds. The van der Waals surface area contributed by atoms with Gasteiger partial charge in [-0.3, -0.25) is 4.90 Å². The van der Waals surface area contributed by atoms with Crippen LogP contribution in [-0.2, 0) is 0 Å². The van der Waals surface area contributed by atoms with Gasteiger partial charge >= 0.3 is 0 Å². The third-order valence-corrected chi connectivity index (χ3v) is 3.43. The lowest BCUT2D eigenvalue weighted by Gasteiger charge is -2.31. The van der Waals surface area contributed by atoms with Crippen molar-refractivity contribution in [3.63, 3.8) is 0 Å². The van der Waals surface area contributed by atoms with Crippen LogP contribution >= 0.6 is 0 Å². The lowest BCUT2D eigenvalue weighted by atomic mass is 10.1. The Labute approximate surface area is 80.9 Å². The molecule has 0 aliphatic carbocycles.